The zero-order chi connectivity index (χ0) is 18.7. The Bertz CT molecular complexity index is 903. The molecule has 4 rings (SSSR count). The average molecular weight is 384 g/mol. The van der Waals surface area contributed by atoms with Gasteiger partial charge in [-0.05, 0) is 65.7 Å². The average Bonchev–Trinajstić information content (AvgIpc) is 3.19. The summed E-state index contributed by atoms with van der Waals surface area (Å²) in [6.45, 7) is 0. The summed E-state index contributed by atoms with van der Waals surface area (Å²) in [7, 11) is 1.66. The van der Waals surface area contributed by atoms with Crippen molar-refractivity contribution in [3.63, 3.8) is 0 Å². The van der Waals surface area contributed by atoms with E-state index in [4.69, 9.17) is 16.3 Å². The third-order valence-electron chi connectivity index (χ3n) is 5.13. The van der Waals surface area contributed by atoms with Crippen LogP contribution in [0.4, 0.5) is 5.69 Å². The summed E-state index contributed by atoms with van der Waals surface area (Å²) < 4.78 is 7.08. The van der Waals surface area contributed by atoms with Gasteiger partial charge in [-0.2, -0.15) is 4.68 Å². The van der Waals surface area contributed by atoms with Gasteiger partial charge in [0.2, 0.25) is 0 Å². The highest BCUT2D eigenvalue weighted by Gasteiger charge is 2.39. The molecule has 140 valence electrons. The van der Waals surface area contributed by atoms with E-state index in [0.717, 1.165) is 48.6 Å². The molecular weight excluding hydrogens is 362 g/mol. The molecule has 1 heterocycles. The van der Waals surface area contributed by atoms with E-state index >= 15 is 0 Å². The van der Waals surface area contributed by atoms with E-state index in [2.05, 4.69) is 20.8 Å². The van der Waals surface area contributed by atoms with Gasteiger partial charge in [-0.1, -0.05) is 36.9 Å². The van der Waals surface area contributed by atoms with Gasteiger partial charge in [0.05, 0.1) is 18.3 Å². The van der Waals surface area contributed by atoms with Crippen molar-refractivity contribution in [1.29, 1.82) is 0 Å². The maximum absolute atomic E-state index is 6.19. The molecule has 3 aromatic rings. The zero-order valence-electron chi connectivity index (χ0n) is 15.2. The van der Waals surface area contributed by atoms with Gasteiger partial charge < -0.3 is 10.1 Å². The standard InChI is InChI=1S/C20H22ClN5O/c1-27-18-10-8-17(9-11-18)26-19(23-24-25-26)20(12-3-2-4-13-20)22-16-7-5-6-15(21)14-16/h5-11,14,22H,2-4,12-13H2,1H3. The molecule has 0 radical (unpaired) electrons. The van der Waals surface area contributed by atoms with E-state index in [1.165, 1.54) is 6.42 Å². The van der Waals surface area contributed by atoms with Crippen molar-refractivity contribution < 1.29 is 4.74 Å². The monoisotopic (exact) mass is 383 g/mol. The maximum atomic E-state index is 6.19. The summed E-state index contributed by atoms with van der Waals surface area (Å²) in [5.74, 6) is 1.63. The zero-order valence-corrected chi connectivity index (χ0v) is 16.0. The van der Waals surface area contributed by atoms with E-state index in [-0.39, 0.29) is 5.54 Å². The molecule has 7 heteroatoms. The number of nitrogens with zero attached hydrogens (tertiary/aromatic N) is 4. The normalized spacial score (nSPS) is 16.1. The summed E-state index contributed by atoms with van der Waals surface area (Å²) in [4.78, 5) is 0. The third-order valence-corrected chi connectivity index (χ3v) is 5.36. The Kier molecular flexibility index (Phi) is 4.99. The summed E-state index contributed by atoms with van der Waals surface area (Å²) in [6.07, 6.45) is 5.42. The van der Waals surface area contributed by atoms with Crippen molar-refractivity contribution in [3.05, 3.63) is 59.4 Å². The Morgan fingerprint density at radius 3 is 2.56 bits per heavy atom. The van der Waals surface area contributed by atoms with Crippen LogP contribution in [0.1, 0.15) is 37.9 Å². The highest BCUT2D eigenvalue weighted by molar-refractivity contribution is 6.30. The van der Waals surface area contributed by atoms with Gasteiger partial charge in [-0.15, -0.1) is 5.10 Å². The molecule has 0 unspecified atom stereocenters. The Balaban J connectivity index is 1.74. The number of rotatable bonds is 5. The fourth-order valence-electron chi connectivity index (χ4n) is 3.79. The van der Waals surface area contributed by atoms with Gasteiger partial charge in [0.15, 0.2) is 5.82 Å². The first-order valence-corrected chi connectivity index (χ1v) is 9.55. The Morgan fingerprint density at radius 1 is 1.07 bits per heavy atom. The van der Waals surface area contributed by atoms with Crippen LogP contribution in [0.5, 0.6) is 5.75 Å². The lowest BCUT2D eigenvalue weighted by Gasteiger charge is -2.37. The van der Waals surface area contributed by atoms with Crippen LogP contribution in [0.15, 0.2) is 48.5 Å². The molecule has 0 bridgehead atoms. The van der Waals surface area contributed by atoms with Crippen molar-refractivity contribution >= 4 is 17.3 Å². The fraction of sp³-hybridized carbons (Fsp3) is 0.350. The quantitative estimate of drug-likeness (QED) is 0.697. The summed E-state index contributed by atoms with van der Waals surface area (Å²) in [5, 5.41) is 17.1. The molecule has 0 aliphatic heterocycles. The van der Waals surface area contributed by atoms with E-state index in [9.17, 15) is 0 Å². The van der Waals surface area contributed by atoms with Crippen molar-refractivity contribution in [3.8, 4) is 11.4 Å². The molecule has 2 aromatic carbocycles. The summed E-state index contributed by atoms with van der Waals surface area (Å²) in [6, 6.07) is 15.6. The third kappa shape index (κ3) is 3.62. The number of nitrogens with one attached hydrogen (secondary N) is 1. The van der Waals surface area contributed by atoms with Crippen LogP contribution in [-0.2, 0) is 5.54 Å². The number of hydrogen-bond donors (Lipinski definition) is 1. The second kappa shape index (κ2) is 7.56. The molecule has 1 N–H and O–H groups in total. The van der Waals surface area contributed by atoms with Gasteiger partial charge in [0.25, 0.3) is 0 Å². The smallest absolute Gasteiger partial charge is 0.181 e. The van der Waals surface area contributed by atoms with Crippen LogP contribution < -0.4 is 10.1 Å². The van der Waals surface area contributed by atoms with Gasteiger partial charge in [0.1, 0.15) is 5.75 Å². The second-order valence-corrected chi connectivity index (χ2v) is 7.33. The molecule has 1 aliphatic rings. The molecule has 0 spiro atoms. The SMILES string of the molecule is COc1ccc(-n2nnnc2C2(Nc3cccc(Cl)c3)CCCCC2)cc1. The number of methoxy groups -OCH3 is 1. The van der Waals surface area contributed by atoms with E-state index in [1.54, 1.807) is 7.11 Å². The number of ether oxygens (including phenoxy) is 1. The largest absolute Gasteiger partial charge is 0.497 e. The van der Waals surface area contributed by atoms with Gasteiger partial charge in [-0.3, -0.25) is 0 Å². The molecule has 27 heavy (non-hydrogen) atoms. The highest BCUT2D eigenvalue weighted by Crippen LogP contribution is 2.40. The topological polar surface area (TPSA) is 64.9 Å². The first kappa shape index (κ1) is 17.8. The molecule has 1 fully saturated rings. The van der Waals surface area contributed by atoms with Crippen molar-refractivity contribution in [2.75, 3.05) is 12.4 Å². The van der Waals surface area contributed by atoms with Crippen LogP contribution in [0.2, 0.25) is 5.02 Å². The molecule has 0 saturated heterocycles. The fourth-order valence-corrected chi connectivity index (χ4v) is 3.98. The molecule has 6 nitrogen and oxygen atoms in total. The van der Waals surface area contributed by atoms with E-state index in [1.807, 2.05) is 53.2 Å². The van der Waals surface area contributed by atoms with Crippen LogP contribution in [0, 0.1) is 0 Å². The molecule has 0 amide bonds. The number of aromatic nitrogens is 4. The number of hydrogen-bond acceptors (Lipinski definition) is 5. The first-order valence-electron chi connectivity index (χ1n) is 9.17. The Morgan fingerprint density at radius 2 is 1.85 bits per heavy atom. The number of halogens is 1. The minimum absolute atomic E-state index is 0.327. The number of tetrazole rings is 1. The van der Waals surface area contributed by atoms with Gasteiger partial charge >= 0.3 is 0 Å². The first-order chi connectivity index (χ1) is 13.2. The minimum atomic E-state index is -0.327. The molecule has 1 aromatic heterocycles. The van der Waals surface area contributed by atoms with Gasteiger partial charge in [0, 0.05) is 10.7 Å². The Hall–Kier alpha value is -2.60. The molecular formula is C20H22ClN5O. The molecule has 1 saturated carbocycles. The number of anilines is 1. The lowest BCUT2D eigenvalue weighted by atomic mass is 9.80. The van der Waals surface area contributed by atoms with Crippen molar-refractivity contribution in [1.82, 2.24) is 20.2 Å². The molecule has 1 aliphatic carbocycles. The van der Waals surface area contributed by atoms with Crippen LogP contribution in [0.25, 0.3) is 5.69 Å². The second-order valence-electron chi connectivity index (χ2n) is 6.89. The lowest BCUT2D eigenvalue weighted by molar-refractivity contribution is 0.309. The molecule has 0 atom stereocenters. The van der Waals surface area contributed by atoms with Crippen molar-refractivity contribution in [2.45, 2.75) is 37.6 Å². The van der Waals surface area contributed by atoms with Crippen molar-refractivity contribution in [2.24, 2.45) is 0 Å². The predicted molar refractivity (Wildman–Crippen MR) is 106 cm³/mol. The minimum Gasteiger partial charge on any atom is -0.497 e. The van der Waals surface area contributed by atoms with Crippen LogP contribution >= 0.6 is 11.6 Å². The maximum Gasteiger partial charge on any atom is 0.181 e. The summed E-state index contributed by atoms with van der Waals surface area (Å²) >= 11 is 6.19. The summed E-state index contributed by atoms with van der Waals surface area (Å²) in [5.41, 5.74) is 1.56. The lowest BCUT2D eigenvalue weighted by Crippen LogP contribution is -2.40. The van der Waals surface area contributed by atoms with Crippen LogP contribution in [0.3, 0.4) is 0 Å². The van der Waals surface area contributed by atoms with E-state index < -0.39 is 0 Å². The highest BCUT2D eigenvalue weighted by atomic mass is 35.5. The van der Waals surface area contributed by atoms with Crippen LogP contribution in [-0.4, -0.2) is 27.3 Å². The predicted octanol–water partition coefficient (Wildman–Crippen LogP) is 4.60. The number of benzene rings is 2. The van der Waals surface area contributed by atoms with Gasteiger partial charge in [-0.25, -0.2) is 0 Å². The Labute approximate surface area is 163 Å². The van der Waals surface area contributed by atoms with E-state index in [0.29, 0.717) is 5.02 Å².